The Morgan fingerprint density at radius 3 is 2.61 bits per heavy atom. The highest BCUT2D eigenvalue weighted by molar-refractivity contribution is 5.96. The number of halogens is 3. The Kier molecular flexibility index (Phi) is 4.92. The van der Waals surface area contributed by atoms with Crippen molar-refractivity contribution in [3.8, 4) is 11.4 Å². The van der Waals surface area contributed by atoms with Gasteiger partial charge in [-0.1, -0.05) is 6.07 Å². The first-order chi connectivity index (χ1) is 13.4. The minimum atomic E-state index is -3.16. The van der Waals surface area contributed by atoms with Crippen molar-refractivity contribution in [3.05, 3.63) is 30.3 Å². The van der Waals surface area contributed by atoms with Crippen LogP contribution in [0.3, 0.4) is 0 Å². The molecule has 3 aromatic rings. The Bertz CT molecular complexity index is 958. The summed E-state index contributed by atoms with van der Waals surface area (Å²) in [4.78, 5) is 2.27. The molecule has 1 aliphatic heterocycles. The lowest BCUT2D eigenvalue weighted by Gasteiger charge is -2.30. The maximum Gasteiger partial charge on any atom is 0.288 e. The molecule has 0 amide bonds. The average molecular weight is 392 g/mol. The van der Waals surface area contributed by atoms with E-state index >= 15 is 0 Å². The van der Waals surface area contributed by atoms with Crippen molar-refractivity contribution in [1.29, 1.82) is 0 Å². The highest BCUT2D eigenvalue weighted by atomic mass is 19.3. The normalized spacial score (nSPS) is 17.5. The van der Waals surface area contributed by atoms with Gasteiger partial charge >= 0.3 is 0 Å². The van der Waals surface area contributed by atoms with Crippen LogP contribution in [0, 0.1) is 0 Å². The molecule has 0 aliphatic carbocycles. The molecule has 1 aliphatic rings. The van der Waals surface area contributed by atoms with E-state index < -0.39 is 12.7 Å². The summed E-state index contributed by atoms with van der Waals surface area (Å²) >= 11 is 0. The van der Waals surface area contributed by atoms with Crippen LogP contribution in [0.15, 0.2) is 30.3 Å². The van der Waals surface area contributed by atoms with E-state index in [2.05, 4.69) is 27.5 Å². The zero-order chi connectivity index (χ0) is 19.8. The first-order valence-electron chi connectivity index (χ1n) is 9.26. The largest absolute Gasteiger partial charge is 0.384 e. The fourth-order valence-corrected chi connectivity index (χ4v) is 3.79. The average Bonchev–Trinajstić information content (AvgIpc) is 3.27. The van der Waals surface area contributed by atoms with E-state index in [-0.39, 0.29) is 17.6 Å². The molecule has 0 bridgehead atoms. The van der Waals surface area contributed by atoms with Crippen LogP contribution in [-0.4, -0.2) is 52.3 Å². The molecule has 1 saturated heterocycles. The molecule has 150 valence electrons. The van der Waals surface area contributed by atoms with E-state index in [4.69, 9.17) is 5.73 Å². The summed E-state index contributed by atoms with van der Waals surface area (Å²) in [5.74, 6) is 0.281. The number of nitrogens with zero attached hydrogens (tertiary/aromatic N) is 3. The van der Waals surface area contributed by atoms with Crippen LogP contribution in [0.1, 0.15) is 19.1 Å². The molecule has 0 radical (unpaired) electrons. The van der Waals surface area contributed by atoms with Crippen LogP contribution in [0.2, 0.25) is 0 Å². The molecule has 4 rings (SSSR count). The minimum Gasteiger partial charge on any atom is -0.384 e. The number of fused-ring (bicyclic) bond motifs is 1. The van der Waals surface area contributed by atoms with Crippen molar-refractivity contribution >= 4 is 22.4 Å². The summed E-state index contributed by atoms with van der Waals surface area (Å²) in [7, 11) is 2.09. The van der Waals surface area contributed by atoms with E-state index in [9.17, 15) is 13.2 Å². The van der Waals surface area contributed by atoms with Gasteiger partial charge in [-0.2, -0.15) is 5.10 Å². The fraction of sp³-hybridized carbons (Fsp3) is 0.421. The molecule has 1 aromatic carbocycles. The Hall–Kier alpha value is -2.68. The lowest BCUT2D eigenvalue weighted by atomic mass is 10.0. The molecule has 9 heteroatoms. The number of H-pyrrole nitrogens is 1. The standard InChI is InChI=1S/C19H23F3N6/c1-27-7-5-11(6-8-27)24-13-3-2-4-15-12(13)9-16(14-10-17(23)26-25-14)28(15)19(22)18(20)21/h2-4,9-11,18-19,24H,5-8H2,1H3,(H3,23,25,26). The van der Waals surface area contributed by atoms with Crippen LogP contribution in [0.25, 0.3) is 22.3 Å². The van der Waals surface area contributed by atoms with Crippen molar-refractivity contribution in [2.45, 2.75) is 31.6 Å². The number of aromatic nitrogens is 3. The van der Waals surface area contributed by atoms with Crippen LogP contribution >= 0.6 is 0 Å². The molecular formula is C19H23F3N6. The number of piperidine rings is 1. The van der Waals surface area contributed by atoms with E-state index in [1.807, 2.05) is 6.07 Å². The lowest BCUT2D eigenvalue weighted by Crippen LogP contribution is -2.36. The van der Waals surface area contributed by atoms with Gasteiger partial charge in [0.05, 0.1) is 11.2 Å². The second-order valence-electron chi connectivity index (χ2n) is 7.28. The van der Waals surface area contributed by atoms with Crippen molar-refractivity contribution in [2.24, 2.45) is 0 Å². The smallest absolute Gasteiger partial charge is 0.288 e. The topological polar surface area (TPSA) is 74.9 Å². The zero-order valence-electron chi connectivity index (χ0n) is 15.5. The van der Waals surface area contributed by atoms with Crippen LogP contribution in [0.4, 0.5) is 24.7 Å². The summed E-state index contributed by atoms with van der Waals surface area (Å²) in [6, 6.07) is 8.76. The first-order valence-corrected chi connectivity index (χ1v) is 9.26. The van der Waals surface area contributed by atoms with Gasteiger partial charge in [-0.05, 0) is 51.2 Å². The summed E-state index contributed by atoms with van der Waals surface area (Å²) in [6.07, 6.45) is -3.67. The number of anilines is 2. The summed E-state index contributed by atoms with van der Waals surface area (Å²) < 4.78 is 42.0. The number of alkyl halides is 3. The van der Waals surface area contributed by atoms with Crippen molar-refractivity contribution in [1.82, 2.24) is 19.7 Å². The summed E-state index contributed by atoms with van der Waals surface area (Å²) in [5.41, 5.74) is 7.45. The second-order valence-corrected chi connectivity index (χ2v) is 7.28. The molecule has 6 nitrogen and oxygen atoms in total. The molecule has 3 heterocycles. The predicted octanol–water partition coefficient (Wildman–Crippen LogP) is 3.85. The molecule has 28 heavy (non-hydrogen) atoms. The monoisotopic (exact) mass is 392 g/mol. The van der Waals surface area contributed by atoms with Crippen molar-refractivity contribution in [3.63, 3.8) is 0 Å². The lowest BCUT2D eigenvalue weighted by molar-refractivity contribution is 0.0115. The number of nitrogens with one attached hydrogen (secondary N) is 2. The molecule has 1 fully saturated rings. The van der Waals surface area contributed by atoms with Gasteiger partial charge in [-0.15, -0.1) is 0 Å². The molecule has 4 N–H and O–H groups in total. The van der Waals surface area contributed by atoms with Crippen molar-refractivity contribution in [2.75, 3.05) is 31.2 Å². The van der Waals surface area contributed by atoms with Crippen LogP contribution in [-0.2, 0) is 0 Å². The van der Waals surface area contributed by atoms with Gasteiger partial charge in [0.15, 0.2) is 0 Å². The van der Waals surface area contributed by atoms with Crippen LogP contribution < -0.4 is 11.1 Å². The maximum atomic E-state index is 14.5. The van der Waals surface area contributed by atoms with Crippen molar-refractivity contribution < 1.29 is 13.2 Å². The van der Waals surface area contributed by atoms with Gasteiger partial charge in [0.1, 0.15) is 11.5 Å². The number of hydrogen-bond donors (Lipinski definition) is 3. The Morgan fingerprint density at radius 2 is 1.96 bits per heavy atom. The predicted molar refractivity (Wildman–Crippen MR) is 104 cm³/mol. The van der Waals surface area contributed by atoms with Gasteiger partial charge < -0.3 is 20.5 Å². The van der Waals surface area contributed by atoms with Gasteiger partial charge in [-0.25, -0.2) is 13.2 Å². The number of aromatic amines is 1. The molecule has 0 saturated carbocycles. The number of likely N-dealkylation sites (tertiary alicyclic amines) is 1. The SMILES string of the molecule is CN1CCC(Nc2cccc3c2cc(-c2cc(N)[nH]n2)n3C(F)C(F)F)CC1. The molecule has 1 unspecified atom stereocenters. The third-order valence-corrected chi connectivity index (χ3v) is 5.28. The van der Waals surface area contributed by atoms with E-state index in [0.29, 0.717) is 16.6 Å². The van der Waals surface area contributed by atoms with Gasteiger partial charge in [0.2, 0.25) is 6.30 Å². The highest BCUT2D eigenvalue weighted by Crippen LogP contribution is 2.37. The van der Waals surface area contributed by atoms with E-state index in [0.717, 1.165) is 36.2 Å². The minimum absolute atomic E-state index is 0.258. The molecular weight excluding hydrogens is 369 g/mol. The second kappa shape index (κ2) is 7.38. The summed E-state index contributed by atoms with van der Waals surface area (Å²) in [6.45, 7) is 1.98. The Balaban J connectivity index is 1.79. The summed E-state index contributed by atoms with van der Waals surface area (Å²) in [5, 5.41) is 10.8. The maximum absolute atomic E-state index is 14.5. The molecule has 0 spiro atoms. The zero-order valence-corrected chi connectivity index (χ0v) is 15.5. The van der Waals surface area contributed by atoms with Crippen LogP contribution in [0.5, 0.6) is 0 Å². The molecule has 1 atom stereocenters. The van der Waals surface area contributed by atoms with Gasteiger partial charge in [0.25, 0.3) is 6.43 Å². The third kappa shape index (κ3) is 3.42. The number of benzene rings is 1. The van der Waals surface area contributed by atoms with Gasteiger partial charge in [0, 0.05) is 23.2 Å². The number of hydrogen-bond acceptors (Lipinski definition) is 4. The Morgan fingerprint density at radius 1 is 1.21 bits per heavy atom. The van der Waals surface area contributed by atoms with E-state index in [1.54, 1.807) is 18.2 Å². The number of nitrogen functional groups attached to an aromatic ring is 1. The Labute approximate surface area is 160 Å². The van der Waals surface area contributed by atoms with E-state index in [1.165, 1.54) is 6.07 Å². The fourth-order valence-electron chi connectivity index (χ4n) is 3.79. The number of nitrogens with two attached hydrogens (primary N) is 1. The number of rotatable bonds is 5. The quantitative estimate of drug-likeness (QED) is 0.617. The van der Waals surface area contributed by atoms with Gasteiger partial charge in [-0.3, -0.25) is 5.10 Å². The highest BCUT2D eigenvalue weighted by Gasteiger charge is 2.28. The first kappa shape index (κ1) is 18.7. The molecule has 2 aromatic heterocycles. The third-order valence-electron chi connectivity index (χ3n) is 5.28.